The fraction of sp³-hybridized carbons (Fsp3) is 0.400. The predicted octanol–water partition coefficient (Wildman–Crippen LogP) is 7.64. The Hall–Kier alpha value is -2.13. The van der Waals surface area contributed by atoms with Gasteiger partial charge in [-0.15, -0.1) is 11.3 Å². The van der Waals surface area contributed by atoms with Crippen LogP contribution in [0.5, 0.6) is 0 Å². The van der Waals surface area contributed by atoms with E-state index < -0.39 is 0 Å². The first-order valence-electron chi connectivity index (χ1n) is 9.93. The van der Waals surface area contributed by atoms with Crippen LogP contribution >= 0.6 is 11.3 Å². The van der Waals surface area contributed by atoms with Crippen molar-refractivity contribution in [3.05, 3.63) is 61.0 Å². The van der Waals surface area contributed by atoms with Gasteiger partial charge in [-0.1, -0.05) is 0 Å². The zero-order valence-corrected chi connectivity index (χ0v) is 19.7. The van der Waals surface area contributed by atoms with Gasteiger partial charge in [0.1, 0.15) is 0 Å². The molecule has 0 aliphatic rings. The second kappa shape index (κ2) is 7.36. The molecule has 0 aliphatic heterocycles. The third-order valence-electron chi connectivity index (χ3n) is 6.99. The van der Waals surface area contributed by atoms with Gasteiger partial charge in [-0.05, 0) is 125 Å². The van der Waals surface area contributed by atoms with Crippen LogP contribution in [0.2, 0.25) is 0 Å². The van der Waals surface area contributed by atoms with Crippen molar-refractivity contribution in [2.75, 3.05) is 5.32 Å². The molecule has 148 valence electrons. The molecule has 0 radical (unpaired) electrons. The van der Waals surface area contributed by atoms with Gasteiger partial charge in [-0.25, -0.2) is 4.98 Å². The minimum absolute atomic E-state index is 0.957. The molecule has 0 atom stereocenters. The number of aromatic nitrogens is 1. The maximum absolute atomic E-state index is 4.98. The highest BCUT2D eigenvalue weighted by Crippen LogP contribution is 2.37. The molecule has 1 aromatic heterocycles. The summed E-state index contributed by atoms with van der Waals surface area (Å²) in [6, 6.07) is 0. The first-order chi connectivity index (χ1) is 13.1. The Labute approximate surface area is 174 Å². The van der Waals surface area contributed by atoms with Crippen LogP contribution in [0, 0.1) is 69.2 Å². The summed E-state index contributed by atoms with van der Waals surface area (Å²) in [5, 5.41) is 6.77. The van der Waals surface area contributed by atoms with Crippen LogP contribution in [0.15, 0.2) is 5.38 Å². The maximum atomic E-state index is 4.98. The zero-order valence-electron chi connectivity index (χ0n) is 18.9. The van der Waals surface area contributed by atoms with E-state index >= 15 is 0 Å². The third kappa shape index (κ3) is 3.16. The number of nitrogens with one attached hydrogen (secondary N) is 1. The first kappa shape index (κ1) is 20.6. The summed E-state index contributed by atoms with van der Waals surface area (Å²) < 4.78 is 0. The molecule has 2 nitrogen and oxygen atoms in total. The number of hydrogen-bond donors (Lipinski definition) is 1. The van der Waals surface area contributed by atoms with Gasteiger partial charge in [0.2, 0.25) is 0 Å². The fourth-order valence-corrected chi connectivity index (χ4v) is 4.83. The van der Waals surface area contributed by atoms with Crippen molar-refractivity contribution < 1.29 is 0 Å². The van der Waals surface area contributed by atoms with Gasteiger partial charge >= 0.3 is 0 Å². The average Bonchev–Trinajstić information content (AvgIpc) is 3.13. The summed E-state index contributed by atoms with van der Waals surface area (Å²) in [6.07, 6.45) is 0. The van der Waals surface area contributed by atoms with E-state index in [-0.39, 0.29) is 0 Å². The smallest absolute Gasteiger partial charge is 0.187 e. The molecule has 0 fully saturated rings. The molecular weight excluding hydrogens is 360 g/mol. The van der Waals surface area contributed by atoms with Gasteiger partial charge in [0.25, 0.3) is 0 Å². The van der Waals surface area contributed by atoms with Gasteiger partial charge in [-0.2, -0.15) is 0 Å². The lowest BCUT2D eigenvalue weighted by Gasteiger charge is -2.19. The van der Waals surface area contributed by atoms with E-state index in [1.165, 1.54) is 66.9 Å². The van der Waals surface area contributed by atoms with Crippen molar-refractivity contribution >= 4 is 22.2 Å². The number of hydrogen-bond acceptors (Lipinski definition) is 3. The predicted molar refractivity (Wildman–Crippen MR) is 125 cm³/mol. The van der Waals surface area contributed by atoms with Gasteiger partial charge in [0.05, 0.1) is 5.69 Å². The fourth-order valence-electron chi connectivity index (χ4n) is 4.12. The van der Waals surface area contributed by atoms with E-state index in [4.69, 9.17) is 4.98 Å². The molecule has 2 aromatic carbocycles. The Morgan fingerprint density at radius 3 is 1.43 bits per heavy atom. The monoisotopic (exact) mass is 392 g/mol. The molecule has 1 N–H and O–H groups in total. The number of thiazole rings is 1. The van der Waals surface area contributed by atoms with Crippen molar-refractivity contribution in [2.24, 2.45) is 0 Å². The van der Waals surface area contributed by atoms with Crippen molar-refractivity contribution in [2.45, 2.75) is 69.2 Å². The van der Waals surface area contributed by atoms with Crippen LogP contribution in [0.4, 0.5) is 10.8 Å². The Morgan fingerprint density at radius 2 is 0.964 bits per heavy atom. The molecule has 1 heterocycles. The van der Waals surface area contributed by atoms with Crippen molar-refractivity contribution in [1.29, 1.82) is 0 Å². The van der Waals surface area contributed by atoms with Gasteiger partial charge in [0.15, 0.2) is 5.13 Å². The minimum atomic E-state index is 0.957. The number of anilines is 2. The van der Waals surface area contributed by atoms with Crippen LogP contribution in [0.3, 0.4) is 0 Å². The second-order valence-electron chi connectivity index (χ2n) is 8.16. The normalized spacial score (nSPS) is 11.2. The SMILES string of the molecule is Cc1c(C)c(C)c(Nc2nc(-c3c(C)c(C)c(C)c(C)c3C)cs2)c(C)c1C. The minimum Gasteiger partial charge on any atom is -0.331 e. The molecule has 3 heteroatoms. The van der Waals surface area contributed by atoms with Crippen LogP contribution in [0.25, 0.3) is 11.3 Å². The molecule has 3 aromatic rings. The largest absolute Gasteiger partial charge is 0.331 e. The number of rotatable bonds is 3. The summed E-state index contributed by atoms with van der Waals surface area (Å²) in [4.78, 5) is 4.98. The van der Waals surface area contributed by atoms with Crippen LogP contribution in [-0.4, -0.2) is 4.98 Å². The first-order valence-corrected chi connectivity index (χ1v) is 10.8. The summed E-state index contributed by atoms with van der Waals surface area (Å²) in [5.41, 5.74) is 17.1. The van der Waals surface area contributed by atoms with Crippen LogP contribution < -0.4 is 5.32 Å². The summed E-state index contributed by atoms with van der Waals surface area (Å²) in [7, 11) is 0. The molecular formula is C25H32N2S. The lowest BCUT2D eigenvalue weighted by Crippen LogP contribution is -2.03. The lowest BCUT2D eigenvalue weighted by atomic mass is 9.88. The molecule has 0 spiro atoms. The van der Waals surface area contributed by atoms with Gasteiger partial charge < -0.3 is 5.32 Å². The Balaban J connectivity index is 2.07. The molecule has 0 saturated carbocycles. The van der Waals surface area contributed by atoms with Crippen LogP contribution in [0.1, 0.15) is 55.6 Å². The highest BCUT2D eigenvalue weighted by Gasteiger charge is 2.18. The molecule has 0 amide bonds. The molecule has 0 unspecified atom stereocenters. The summed E-state index contributed by atoms with van der Waals surface area (Å²) in [6.45, 7) is 22.1. The van der Waals surface area contributed by atoms with Crippen LogP contribution in [-0.2, 0) is 0 Å². The van der Waals surface area contributed by atoms with E-state index in [1.807, 2.05) is 0 Å². The maximum Gasteiger partial charge on any atom is 0.187 e. The zero-order chi connectivity index (χ0) is 20.9. The highest BCUT2D eigenvalue weighted by molar-refractivity contribution is 7.14. The second-order valence-corrected chi connectivity index (χ2v) is 9.02. The Morgan fingerprint density at radius 1 is 0.571 bits per heavy atom. The van der Waals surface area contributed by atoms with Gasteiger partial charge in [0, 0.05) is 16.6 Å². The molecule has 0 saturated heterocycles. The van der Waals surface area contributed by atoms with Gasteiger partial charge in [-0.3, -0.25) is 0 Å². The lowest BCUT2D eigenvalue weighted by molar-refractivity contribution is 1.16. The molecule has 3 rings (SSSR count). The van der Waals surface area contributed by atoms with Crippen molar-refractivity contribution in [3.8, 4) is 11.3 Å². The average molecular weight is 393 g/mol. The van der Waals surface area contributed by atoms with E-state index in [0.717, 1.165) is 10.8 Å². The standard InChI is InChI=1S/C25H32N2S/c1-12-14(3)18(7)23(19(8)15(12)4)22-11-28-25(26-22)27-24-20(9)16(5)13(2)17(6)21(24)10/h11H,1-10H3,(H,26,27). The highest BCUT2D eigenvalue weighted by atomic mass is 32.1. The number of benzene rings is 2. The van der Waals surface area contributed by atoms with Crippen molar-refractivity contribution in [3.63, 3.8) is 0 Å². The van der Waals surface area contributed by atoms with E-state index in [0.29, 0.717) is 0 Å². The topological polar surface area (TPSA) is 24.9 Å². The van der Waals surface area contributed by atoms with Crippen molar-refractivity contribution in [1.82, 2.24) is 4.98 Å². The Kier molecular flexibility index (Phi) is 5.42. The van der Waals surface area contributed by atoms with E-state index in [9.17, 15) is 0 Å². The summed E-state index contributed by atoms with van der Waals surface area (Å²) in [5.74, 6) is 0. The molecule has 28 heavy (non-hydrogen) atoms. The van der Waals surface area contributed by atoms with E-state index in [2.05, 4.69) is 79.9 Å². The van der Waals surface area contributed by atoms with E-state index in [1.54, 1.807) is 11.3 Å². The molecule has 0 bridgehead atoms. The molecule has 0 aliphatic carbocycles. The Bertz CT molecular complexity index is 1030. The number of nitrogens with zero attached hydrogens (tertiary/aromatic N) is 1. The quantitative estimate of drug-likeness (QED) is 0.495. The third-order valence-corrected chi connectivity index (χ3v) is 7.75. The summed E-state index contributed by atoms with van der Waals surface area (Å²) >= 11 is 1.68.